The molecule has 4 heteroatoms. The molecule has 0 radical (unpaired) electrons. The zero-order chi connectivity index (χ0) is 15.0. The highest BCUT2D eigenvalue weighted by molar-refractivity contribution is 5.88. The number of anilines is 1. The molecule has 0 aliphatic rings. The Bertz CT molecular complexity index is 403. The van der Waals surface area contributed by atoms with Gasteiger partial charge in [0.15, 0.2) is 0 Å². The lowest BCUT2D eigenvalue weighted by Crippen LogP contribution is -2.32. The minimum atomic E-state index is -0.539. The SMILES string of the molecule is CCCCCNC(C)C(O)c1ccc(NC(C)=O)cc1. The zero-order valence-electron chi connectivity index (χ0n) is 12.6. The number of rotatable bonds is 8. The van der Waals surface area contributed by atoms with E-state index in [4.69, 9.17) is 0 Å². The van der Waals surface area contributed by atoms with Gasteiger partial charge in [-0.15, -0.1) is 0 Å². The second-order valence-electron chi connectivity index (χ2n) is 5.20. The Hall–Kier alpha value is -1.39. The molecular weight excluding hydrogens is 252 g/mol. The Balaban J connectivity index is 2.49. The molecule has 0 saturated carbocycles. The largest absolute Gasteiger partial charge is 0.387 e. The minimum Gasteiger partial charge on any atom is -0.387 e. The molecule has 0 saturated heterocycles. The average Bonchev–Trinajstić information content (AvgIpc) is 2.43. The first-order valence-electron chi connectivity index (χ1n) is 7.33. The molecule has 1 amide bonds. The van der Waals surface area contributed by atoms with Crippen molar-refractivity contribution in [3.8, 4) is 0 Å². The van der Waals surface area contributed by atoms with Crippen molar-refractivity contribution in [3.05, 3.63) is 29.8 Å². The predicted molar refractivity (Wildman–Crippen MR) is 82.7 cm³/mol. The molecule has 0 aliphatic heterocycles. The van der Waals surface area contributed by atoms with Gasteiger partial charge in [0.25, 0.3) is 0 Å². The van der Waals surface area contributed by atoms with Crippen molar-refractivity contribution in [1.29, 1.82) is 0 Å². The number of benzene rings is 1. The molecule has 0 aliphatic carbocycles. The van der Waals surface area contributed by atoms with Crippen molar-refractivity contribution in [3.63, 3.8) is 0 Å². The van der Waals surface area contributed by atoms with E-state index >= 15 is 0 Å². The molecule has 3 N–H and O–H groups in total. The van der Waals surface area contributed by atoms with Crippen LogP contribution in [0.25, 0.3) is 0 Å². The highest BCUT2D eigenvalue weighted by Gasteiger charge is 2.15. The summed E-state index contributed by atoms with van der Waals surface area (Å²) >= 11 is 0. The number of carbonyl (C=O) groups excluding carboxylic acids is 1. The van der Waals surface area contributed by atoms with Crippen molar-refractivity contribution in [1.82, 2.24) is 5.32 Å². The van der Waals surface area contributed by atoms with Crippen LogP contribution in [0, 0.1) is 0 Å². The lowest BCUT2D eigenvalue weighted by Gasteiger charge is -2.21. The van der Waals surface area contributed by atoms with Crippen LogP contribution in [0.4, 0.5) is 5.69 Å². The third-order valence-corrected chi connectivity index (χ3v) is 3.29. The van der Waals surface area contributed by atoms with Crippen molar-refractivity contribution in [2.75, 3.05) is 11.9 Å². The smallest absolute Gasteiger partial charge is 0.221 e. The topological polar surface area (TPSA) is 61.4 Å². The summed E-state index contributed by atoms with van der Waals surface area (Å²) in [5.41, 5.74) is 1.60. The van der Waals surface area contributed by atoms with Gasteiger partial charge >= 0.3 is 0 Å². The minimum absolute atomic E-state index is 0.0125. The summed E-state index contributed by atoms with van der Waals surface area (Å²) in [6.45, 7) is 6.56. The quantitative estimate of drug-likeness (QED) is 0.641. The van der Waals surface area contributed by atoms with Crippen molar-refractivity contribution < 1.29 is 9.90 Å². The first kappa shape index (κ1) is 16.7. The van der Waals surface area contributed by atoms with Crippen molar-refractivity contribution >= 4 is 11.6 Å². The van der Waals surface area contributed by atoms with E-state index in [1.807, 2.05) is 31.2 Å². The molecule has 1 aromatic rings. The van der Waals surface area contributed by atoms with E-state index in [1.54, 1.807) is 0 Å². The molecule has 112 valence electrons. The lowest BCUT2D eigenvalue weighted by atomic mass is 10.0. The number of carbonyl (C=O) groups is 1. The zero-order valence-corrected chi connectivity index (χ0v) is 12.6. The molecule has 0 spiro atoms. The molecule has 1 aromatic carbocycles. The van der Waals surface area contributed by atoms with Crippen LogP contribution >= 0.6 is 0 Å². The third-order valence-electron chi connectivity index (χ3n) is 3.29. The van der Waals surface area contributed by atoms with Gasteiger partial charge in [0.2, 0.25) is 5.91 Å². The van der Waals surface area contributed by atoms with Gasteiger partial charge in [0, 0.05) is 18.7 Å². The summed E-state index contributed by atoms with van der Waals surface area (Å²) in [6.07, 6.45) is 3.00. The molecule has 20 heavy (non-hydrogen) atoms. The first-order chi connectivity index (χ1) is 9.54. The van der Waals surface area contributed by atoms with Crippen LogP contribution in [0.1, 0.15) is 51.7 Å². The molecule has 0 fully saturated rings. The van der Waals surface area contributed by atoms with Gasteiger partial charge in [-0.3, -0.25) is 4.79 Å². The van der Waals surface area contributed by atoms with E-state index in [0.717, 1.165) is 24.2 Å². The van der Waals surface area contributed by atoms with Gasteiger partial charge in [-0.1, -0.05) is 31.9 Å². The molecule has 1 rings (SSSR count). The molecule has 0 bridgehead atoms. The standard InChI is InChI=1S/C16H26N2O2/c1-4-5-6-11-17-12(2)16(20)14-7-9-15(10-8-14)18-13(3)19/h7-10,12,16-17,20H,4-6,11H2,1-3H3,(H,18,19). The summed E-state index contributed by atoms with van der Waals surface area (Å²) in [5.74, 6) is -0.0933. The number of aliphatic hydroxyl groups is 1. The van der Waals surface area contributed by atoms with Crippen LogP contribution in [0.2, 0.25) is 0 Å². The Morgan fingerprint density at radius 1 is 1.25 bits per heavy atom. The highest BCUT2D eigenvalue weighted by Crippen LogP contribution is 2.19. The number of amides is 1. The second-order valence-corrected chi connectivity index (χ2v) is 5.20. The molecule has 0 heterocycles. The van der Waals surface area contributed by atoms with Crippen molar-refractivity contribution in [2.24, 2.45) is 0 Å². The van der Waals surface area contributed by atoms with E-state index < -0.39 is 6.10 Å². The first-order valence-corrected chi connectivity index (χ1v) is 7.33. The number of aliphatic hydroxyl groups excluding tert-OH is 1. The maximum atomic E-state index is 10.9. The van der Waals surface area contributed by atoms with Gasteiger partial charge < -0.3 is 15.7 Å². The molecule has 2 atom stereocenters. The molecular formula is C16H26N2O2. The van der Waals surface area contributed by atoms with Gasteiger partial charge in [-0.2, -0.15) is 0 Å². The Morgan fingerprint density at radius 2 is 1.90 bits per heavy atom. The maximum Gasteiger partial charge on any atom is 0.221 e. The van der Waals surface area contributed by atoms with Crippen molar-refractivity contribution in [2.45, 2.75) is 52.2 Å². The Morgan fingerprint density at radius 3 is 2.45 bits per heavy atom. The Kier molecular flexibility index (Phi) is 7.26. The summed E-state index contributed by atoms with van der Waals surface area (Å²) in [4.78, 5) is 10.9. The second kappa shape index (κ2) is 8.72. The summed E-state index contributed by atoms with van der Waals surface area (Å²) < 4.78 is 0. The van der Waals surface area contributed by atoms with Crippen LogP contribution < -0.4 is 10.6 Å². The molecule has 4 nitrogen and oxygen atoms in total. The number of nitrogens with one attached hydrogen (secondary N) is 2. The van der Waals surface area contributed by atoms with Crippen LogP contribution in [0.5, 0.6) is 0 Å². The average molecular weight is 278 g/mol. The normalized spacial score (nSPS) is 13.8. The summed E-state index contributed by atoms with van der Waals surface area (Å²) in [7, 11) is 0. The van der Waals surface area contributed by atoms with E-state index in [0.29, 0.717) is 0 Å². The van der Waals surface area contributed by atoms with Gasteiger partial charge in [0.1, 0.15) is 0 Å². The lowest BCUT2D eigenvalue weighted by molar-refractivity contribution is -0.114. The highest BCUT2D eigenvalue weighted by atomic mass is 16.3. The van der Waals surface area contributed by atoms with Gasteiger partial charge in [0.05, 0.1) is 6.10 Å². The Labute approximate surface area is 121 Å². The van der Waals surface area contributed by atoms with Crippen LogP contribution in [-0.4, -0.2) is 23.6 Å². The predicted octanol–water partition coefficient (Wildman–Crippen LogP) is 2.85. The van der Waals surface area contributed by atoms with Crippen LogP contribution in [0.15, 0.2) is 24.3 Å². The van der Waals surface area contributed by atoms with E-state index in [-0.39, 0.29) is 11.9 Å². The molecule has 2 unspecified atom stereocenters. The number of hydrogen-bond donors (Lipinski definition) is 3. The van der Waals surface area contributed by atoms with E-state index in [2.05, 4.69) is 17.6 Å². The summed E-state index contributed by atoms with van der Waals surface area (Å²) in [6, 6.07) is 7.33. The van der Waals surface area contributed by atoms with Gasteiger partial charge in [-0.05, 0) is 37.6 Å². The van der Waals surface area contributed by atoms with Gasteiger partial charge in [-0.25, -0.2) is 0 Å². The summed E-state index contributed by atoms with van der Waals surface area (Å²) in [5, 5.41) is 16.3. The fourth-order valence-electron chi connectivity index (χ4n) is 2.07. The molecule has 0 aromatic heterocycles. The fraction of sp³-hybridized carbons (Fsp3) is 0.562. The van der Waals surface area contributed by atoms with E-state index in [1.165, 1.54) is 19.8 Å². The number of unbranched alkanes of at least 4 members (excludes halogenated alkanes) is 2. The van der Waals surface area contributed by atoms with E-state index in [9.17, 15) is 9.90 Å². The van der Waals surface area contributed by atoms with Crippen LogP contribution in [0.3, 0.4) is 0 Å². The maximum absolute atomic E-state index is 10.9. The number of hydrogen-bond acceptors (Lipinski definition) is 3. The monoisotopic (exact) mass is 278 g/mol. The fourth-order valence-corrected chi connectivity index (χ4v) is 2.07. The third kappa shape index (κ3) is 5.72. The van der Waals surface area contributed by atoms with Crippen LogP contribution in [-0.2, 0) is 4.79 Å².